The number of carbonyl (C=O) groups excluding carboxylic acids is 1. The third-order valence-corrected chi connectivity index (χ3v) is 4.83. The van der Waals surface area contributed by atoms with Gasteiger partial charge in [-0.15, -0.1) is 11.3 Å². The van der Waals surface area contributed by atoms with E-state index in [0.717, 1.165) is 5.56 Å². The van der Waals surface area contributed by atoms with Crippen molar-refractivity contribution in [1.29, 1.82) is 0 Å². The average Bonchev–Trinajstić information content (AvgIpc) is 3.38. The molecule has 3 heterocycles. The highest BCUT2D eigenvalue weighted by Gasteiger charge is 2.17. The normalized spacial score (nSPS) is 12.4. The van der Waals surface area contributed by atoms with E-state index in [1.54, 1.807) is 36.4 Å². The van der Waals surface area contributed by atoms with E-state index in [9.17, 15) is 9.59 Å². The minimum Gasteiger partial charge on any atom is -0.454 e. The van der Waals surface area contributed by atoms with Gasteiger partial charge in [0, 0.05) is 16.5 Å². The third-order valence-electron chi connectivity index (χ3n) is 4.07. The summed E-state index contributed by atoms with van der Waals surface area (Å²) < 4.78 is 15.5. The summed E-state index contributed by atoms with van der Waals surface area (Å²) in [6, 6.07) is 10.3. The van der Waals surface area contributed by atoms with Crippen molar-refractivity contribution in [3.8, 4) is 22.8 Å². The highest BCUT2D eigenvalue weighted by molar-refractivity contribution is 7.14. The SMILES string of the molecule is O=C(Nc1nc(-c2ccc3oc(=O)[nH]c3c2)cs1)c1ccc2c(c1)OCO2. The Morgan fingerprint density at radius 3 is 2.96 bits per heavy atom. The lowest BCUT2D eigenvalue weighted by molar-refractivity contribution is 0.102. The van der Waals surface area contributed by atoms with Gasteiger partial charge in [0.05, 0.1) is 11.2 Å². The van der Waals surface area contributed by atoms with Crippen LogP contribution in [-0.2, 0) is 0 Å². The number of hydrogen-bond acceptors (Lipinski definition) is 7. The Balaban J connectivity index is 1.38. The molecule has 1 aliphatic heterocycles. The molecule has 0 fully saturated rings. The van der Waals surface area contributed by atoms with Crippen molar-refractivity contribution in [3.63, 3.8) is 0 Å². The maximum absolute atomic E-state index is 12.4. The Kier molecular flexibility index (Phi) is 3.47. The van der Waals surface area contributed by atoms with Gasteiger partial charge in [-0.05, 0) is 36.4 Å². The zero-order valence-corrected chi connectivity index (χ0v) is 14.5. The van der Waals surface area contributed by atoms with Crippen LogP contribution < -0.4 is 20.5 Å². The van der Waals surface area contributed by atoms with E-state index in [0.29, 0.717) is 39.0 Å². The number of oxazole rings is 1. The third kappa shape index (κ3) is 2.83. The number of thiazole rings is 1. The van der Waals surface area contributed by atoms with Gasteiger partial charge in [-0.2, -0.15) is 0 Å². The average molecular weight is 381 g/mol. The second-order valence-electron chi connectivity index (χ2n) is 5.79. The fraction of sp³-hybridized carbons (Fsp3) is 0.0556. The Morgan fingerprint density at radius 2 is 2.04 bits per heavy atom. The number of rotatable bonds is 3. The van der Waals surface area contributed by atoms with Crippen molar-refractivity contribution in [2.45, 2.75) is 0 Å². The standard InChI is InChI=1S/C18H11N3O5S/c22-16(10-2-4-14-15(6-10)25-8-24-14)21-17-19-12(7-27-17)9-1-3-13-11(5-9)20-18(23)26-13/h1-7H,8H2,(H,20,23)(H,19,21,22). The van der Waals surface area contributed by atoms with Crippen LogP contribution in [0, 0.1) is 0 Å². The van der Waals surface area contributed by atoms with Gasteiger partial charge in [0.15, 0.2) is 22.2 Å². The molecule has 0 saturated heterocycles. The van der Waals surface area contributed by atoms with Crippen LogP contribution in [0.1, 0.15) is 10.4 Å². The Morgan fingerprint density at radius 1 is 1.15 bits per heavy atom. The molecule has 1 aliphatic rings. The van der Waals surface area contributed by atoms with E-state index >= 15 is 0 Å². The first kappa shape index (κ1) is 15.6. The number of benzene rings is 2. The van der Waals surface area contributed by atoms with E-state index in [1.807, 2.05) is 5.38 Å². The quantitative estimate of drug-likeness (QED) is 0.564. The zero-order valence-electron chi connectivity index (χ0n) is 13.6. The molecule has 134 valence electrons. The van der Waals surface area contributed by atoms with Crippen LogP contribution in [0.5, 0.6) is 11.5 Å². The molecule has 0 spiro atoms. The molecule has 9 heteroatoms. The molecule has 4 aromatic rings. The topological polar surface area (TPSA) is 106 Å². The smallest absolute Gasteiger partial charge is 0.417 e. The van der Waals surface area contributed by atoms with E-state index < -0.39 is 5.76 Å². The van der Waals surface area contributed by atoms with E-state index in [4.69, 9.17) is 13.9 Å². The molecular formula is C18H11N3O5S. The van der Waals surface area contributed by atoms with E-state index in [-0.39, 0.29) is 12.7 Å². The summed E-state index contributed by atoms with van der Waals surface area (Å²) >= 11 is 1.31. The number of nitrogens with zero attached hydrogens (tertiary/aromatic N) is 1. The van der Waals surface area contributed by atoms with Crippen LogP contribution in [0.2, 0.25) is 0 Å². The molecule has 8 nitrogen and oxygen atoms in total. The zero-order chi connectivity index (χ0) is 18.4. The van der Waals surface area contributed by atoms with Crippen LogP contribution in [0.4, 0.5) is 5.13 Å². The van der Waals surface area contributed by atoms with Crippen molar-refractivity contribution in [1.82, 2.24) is 9.97 Å². The first-order valence-electron chi connectivity index (χ1n) is 7.95. The molecule has 0 unspecified atom stereocenters. The molecule has 0 atom stereocenters. The second-order valence-corrected chi connectivity index (χ2v) is 6.64. The van der Waals surface area contributed by atoms with Gasteiger partial charge in [0.1, 0.15) is 0 Å². The van der Waals surface area contributed by atoms with Gasteiger partial charge in [-0.25, -0.2) is 9.78 Å². The fourth-order valence-corrected chi connectivity index (χ4v) is 3.50. The predicted molar refractivity (Wildman–Crippen MR) is 98.5 cm³/mol. The van der Waals surface area contributed by atoms with Gasteiger partial charge in [-0.3, -0.25) is 15.1 Å². The van der Waals surface area contributed by atoms with Gasteiger partial charge < -0.3 is 13.9 Å². The summed E-state index contributed by atoms with van der Waals surface area (Å²) in [6.45, 7) is 0.155. The molecule has 0 radical (unpaired) electrons. The van der Waals surface area contributed by atoms with Crippen LogP contribution in [0.15, 0.2) is 51.0 Å². The number of H-pyrrole nitrogens is 1. The van der Waals surface area contributed by atoms with E-state index in [1.165, 1.54) is 11.3 Å². The Labute approximate surface area is 155 Å². The van der Waals surface area contributed by atoms with Crippen LogP contribution >= 0.6 is 11.3 Å². The molecule has 2 aromatic carbocycles. The van der Waals surface area contributed by atoms with Crippen molar-refractivity contribution < 1.29 is 18.7 Å². The van der Waals surface area contributed by atoms with Crippen LogP contribution in [-0.4, -0.2) is 22.7 Å². The molecule has 2 aromatic heterocycles. The second kappa shape index (κ2) is 5.99. The lowest BCUT2D eigenvalue weighted by Crippen LogP contribution is -2.11. The Hall–Kier alpha value is -3.59. The van der Waals surface area contributed by atoms with Crippen molar-refractivity contribution in [2.75, 3.05) is 12.1 Å². The number of aromatic nitrogens is 2. The molecule has 1 amide bonds. The highest BCUT2D eigenvalue weighted by Crippen LogP contribution is 2.33. The summed E-state index contributed by atoms with van der Waals surface area (Å²) in [6.07, 6.45) is 0. The number of aromatic amines is 1. The summed E-state index contributed by atoms with van der Waals surface area (Å²) in [5.41, 5.74) is 3.02. The van der Waals surface area contributed by atoms with Crippen molar-refractivity contribution in [2.24, 2.45) is 0 Å². The molecule has 0 aliphatic carbocycles. The number of anilines is 1. The first-order valence-corrected chi connectivity index (χ1v) is 8.83. The molecule has 5 rings (SSSR count). The highest BCUT2D eigenvalue weighted by atomic mass is 32.1. The van der Waals surface area contributed by atoms with Crippen molar-refractivity contribution >= 4 is 33.5 Å². The number of fused-ring (bicyclic) bond motifs is 2. The largest absolute Gasteiger partial charge is 0.454 e. The van der Waals surface area contributed by atoms with Crippen LogP contribution in [0.3, 0.4) is 0 Å². The maximum Gasteiger partial charge on any atom is 0.417 e. The van der Waals surface area contributed by atoms with Gasteiger partial charge in [-0.1, -0.05) is 0 Å². The molecular weight excluding hydrogens is 370 g/mol. The van der Waals surface area contributed by atoms with Crippen LogP contribution in [0.25, 0.3) is 22.4 Å². The number of nitrogens with one attached hydrogen (secondary N) is 2. The number of ether oxygens (including phenoxy) is 2. The van der Waals surface area contributed by atoms with Gasteiger partial charge in [0.2, 0.25) is 6.79 Å². The number of hydrogen-bond donors (Lipinski definition) is 2. The molecule has 27 heavy (non-hydrogen) atoms. The lowest BCUT2D eigenvalue weighted by atomic mass is 10.1. The summed E-state index contributed by atoms with van der Waals surface area (Å²) in [5.74, 6) is 0.376. The molecule has 2 N–H and O–H groups in total. The minimum atomic E-state index is -0.503. The van der Waals surface area contributed by atoms with Gasteiger partial charge in [0.25, 0.3) is 5.91 Å². The molecule has 0 saturated carbocycles. The summed E-state index contributed by atoms with van der Waals surface area (Å²) in [7, 11) is 0. The number of amides is 1. The Bertz CT molecular complexity index is 1240. The number of carbonyl (C=O) groups is 1. The summed E-state index contributed by atoms with van der Waals surface area (Å²) in [5, 5.41) is 5.07. The lowest BCUT2D eigenvalue weighted by Gasteiger charge is -2.03. The predicted octanol–water partition coefficient (Wildman–Crippen LogP) is 3.23. The molecule has 0 bridgehead atoms. The minimum absolute atomic E-state index is 0.155. The van der Waals surface area contributed by atoms with Gasteiger partial charge >= 0.3 is 5.76 Å². The van der Waals surface area contributed by atoms with Crippen molar-refractivity contribution in [3.05, 3.63) is 57.9 Å². The maximum atomic E-state index is 12.4. The monoisotopic (exact) mass is 381 g/mol. The first-order chi connectivity index (χ1) is 13.2. The summed E-state index contributed by atoms with van der Waals surface area (Å²) in [4.78, 5) is 30.8. The van der Waals surface area contributed by atoms with E-state index in [2.05, 4.69) is 15.3 Å². The fourth-order valence-electron chi connectivity index (χ4n) is 2.78.